The quantitative estimate of drug-likeness (QED) is 0.712. The summed E-state index contributed by atoms with van der Waals surface area (Å²) in [6.07, 6.45) is 4.72. The first-order valence-electron chi connectivity index (χ1n) is 6.47. The van der Waals surface area contributed by atoms with Crippen molar-refractivity contribution in [1.82, 2.24) is 19.7 Å². The Hall–Kier alpha value is -2.48. The Labute approximate surface area is 129 Å². The van der Waals surface area contributed by atoms with E-state index in [2.05, 4.69) is 15.2 Å². The van der Waals surface area contributed by atoms with E-state index in [1.807, 2.05) is 24.3 Å². The summed E-state index contributed by atoms with van der Waals surface area (Å²) in [5, 5.41) is 7.98. The third-order valence-electron chi connectivity index (χ3n) is 3.07. The highest BCUT2D eigenvalue weighted by Gasteiger charge is 2.12. The van der Waals surface area contributed by atoms with Crippen molar-refractivity contribution in [3.05, 3.63) is 42.7 Å². The number of hydrogen-bond acceptors (Lipinski definition) is 6. The van der Waals surface area contributed by atoms with Crippen molar-refractivity contribution in [2.45, 2.75) is 11.7 Å². The zero-order valence-corrected chi connectivity index (χ0v) is 12.9. The van der Waals surface area contributed by atoms with Gasteiger partial charge < -0.3 is 9.15 Å². The smallest absolute Gasteiger partial charge is 0.221 e. The molecule has 0 unspecified atom stereocenters. The van der Waals surface area contributed by atoms with E-state index in [0.717, 1.165) is 11.3 Å². The lowest BCUT2D eigenvalue weighted by molar-refractivity contribution is 0.415. The molecular weight excluding hydrogens is 304 g/mol. The van der Waals surface area contributed by atoms with Crippen LogP contribution in [0.1, 0.15) is 5.89 Å². The molecule has 0 aliphatic carbocycles. The van der Waals surface area contributed by atoms with E-state index in [0.29, 0.717) is 23.4 Å². The summed E-state index contributed by atoms with van der Waals surface area (Å²) >= 11 is 0. The third-order valence-corrected chi connectivity index (χ3v) is 3.90. The second-order valence-electron chi connectivity index (χ2n) is 4.54. The van der Waals surface area contributed by atoms with Crippen LogP contribution in [0.4, 0.5) is 0 Å². The van der Waals surface area contributed by atoms with Crippen LogP contribution >= 0.6 is 0 Å². The summed E-state index contributed by atoms with van der Waals surface area (Å²) in [6.45, 7) is 0.331. The summed E-state index contributed by atoms with van der Waals surface area (Å²) in [6, 6.07) is 7.51. The van der Waals surface area contributed by atoms with Gasteiger partial charge in [-0.05, 0) is 24.3 Å². The normalized spacial score (nSPS) is 12.3. The molecule has 0 N–H and O–H groups in total. The second kappa shape index (κ2) is 6.10. The number of methoxy groups -OCH3 is 1. The Balaban J connectivity index is 1.81. The first-order valence-corrected chi connectivity index (χ1v) is 8.03. The van der Waals surface area contributed by atoms with Crippen LogP contribution in [0, 0.1) is 0 Å². The van der Waals surface area contributed by atoms with E-state index in [1.165, 1.54) is 6.33 Å². The highest BCUT2D eigenvalue weighted by molar-refractivity contribution is 7.84. The highest BCUT2D eigenvalue weighted by Crippen LogP contribution is 2.23. The summed E-state index contributed by atoms with van der Waals surface area (Å²) < 4.78 is 24.0. The molecule has 0 bridgehead atoms. The Morgan fingerprint density at radius 3 is 2.77 bits per heavy atom. The van der Waals surface area contributed by atoms with Crippen molar-refractivity contribution in [1.29, 1.82) is 0 Å². The van der Waals surface area contributed by atoms with Gasteiger partial charge in [0.05, 0.1) is 24.1 Å². The fraction of sp³-hybridized carbons (Fsp3) is 0.214. The van der Waals surface area contributed by atoms with Crippen LogP contribution in [-0.4, -0.2) is 37.3 Å². The maximum Gasteiger partial charge on any atom is 0.221 e. The van der Waals surface area contributed by atoms with Crippen LogP contribution < -0.4 is 4.74 Å². The molecule has 114 valence electrons. The largest absolute Gasteiger partial charge is 0.497 e. The summed E-state index contributed by atoms with van der Waals surface area (Å²) in [7, 11) is 0.411. The molecule has 3 rings (SSSR count). The van der Waals surface area contributed by atoms with Gasteiger partial charge >= 0.3 is 0 Å². The molecule has 0 amide bonds. The van der Waals surface area contributed by atoms with Gasteiger partial charge in [-0.15, -0.1) is 10.2 Å². The van der Waals surface area contributed by atoms with Gasteiger partial charge in [-0.25, -0.2) is 4.98 Å². The molecule has 0 fully saturated rings. The first-order chi connectivity index (χ1) is 10.7. The molecule has 1 atom stereocenters. The molecule has 0 spiro atoms. The lowest BCUT2D eigenvalue weighted by atomic mass is 10.2. The average molecular weight is 318 g/mol. The van der Waals surface area contributed by atoms with Crippen molar-refractivity contribution < 1.29 is 13.4 Å². The monoisotopic (exact) mass is 318 g/mol. The number of benzene rings is 1. The lowest BCUT2D eigenvalue weighted by Crippen LogP contribution is -2.05. The summed E-state index contributed by atoms with van der Waals surface area (Å²) in [4.78, 5) is 4.24. The molecular formula is C14H14N4O3S. The Morgan fingerprint density at radius 1 is 1.32 bits per heavy atom. The molecule has 2 heterocycles. The lowest BCUT2D eigenvalue weighted by Gasteiger charge is -2.01. The number of aromatic nitrogens is 4. The van der Waals surface area contributed by atoms with Crippen LogP contribution in [0.5, 0.6) is 5.75 Å². The van der Waals surface area contributed by atoms with Gasteiger partial charge in [0.2, 0.25) is 11.0 Å². The average Bonchev–Trinajstić information content (AvgIpc) is 3.17. The van der Waals surface area contributed by atoms with Crippen LogP contribution in [-0.2, 0) is 17.3 Å². The molecule has 22 heavy (non-hydrogen) atoms. The Morgan fingerprint density at radius 2 is 2.09 bits per heavy atom. The maximum atomic E-state index is 11.5. The van der Waals surface area contributed by atoms with Gasteiger partial charge in [-0.3, -0.25) is 8.78 Å². The highest BCUT2D eigenvalue weighted by atomic mass is 32.2. The van der Waals surface area contributed by atoms with E-state index in [9.17, 15) is 4.21 Å². The molecule has 8 heteroatoms. The first kappa shape index (κ1) is 14.5. The fourth-order valence-corrected chi connectivity index (χ4v) is 2.60. The second-order valence-corrected chi connectivity index (χ2v) is 5.82. The van der Waals surface area contributed by atoms with Gasteiger partial charge in [0, 0.05) is 11.8 Å². The van der Waals surface area contributed by atoms with Gasteiger partial charge in [0.25, 0.3) is 0 Å². The van der Waals surface area contributed by atoms with Crippen molar-refractivity contribution in [3.8, 4) is 17.1 Å². The number of ether oxygens (including phenoxy) is 1. The minimum absolute atomic E-state index is 0.331. The van der Waals surface area contributed by atoms with Crippen molar-refractivity contribution in [2.75, 3.05) is 13.4 Å². The van der Waals surface area contributed by atoms with Crippen molar-refractivity contribution >= 4 is 10.8 Å². The fourth-order valence-electron chi connectivity index (χ4n) is 1.99. The molecule has 0 aliphatic rings. The van der Waals surface area contributed by atoms with Crippen LogP contribution in [0.25, 0.3) is 11.3 Å². The third kappa shape index (κ3) is 2.91. The van der Waals surface area contributed by atoms with E-state index in [1.54, 1.807) is 24.1 Å². The predicted molar refractivity (Wildman–Crippen MR) is 79.9 cm³/mol. The van der Waals surface area contributed by atoms with Crippen LogP contribution in [0.2, 0.25) is 0 Å². The van der Waals surface area contributed by atoms with Gasteiger partial charge in [0.15, 0.2) is 5.76 Å². The van der Waals surface area contributed by atoms with Gasteiger partial charge in [0.1, 0.15) is 18.6 Å². The summed E-state index contributed by atoms with van der Waals surface area (Å²) in [5.41, 5.74) is 0.905. The molecule has 0 radical (unpaired) electrons. The maximum absolute atomic E-state index is 11.5. The van der Waals surface area contributed by atoms with Crippen LogP contribution in [0.15, 0.2) is 46.4 Å². The SMILES string of the molecule is COc1ccc(-c2cnc(Cn3cnnc3[S@](C)=O)o2)cc1. The zero-order valence-electron chi connectivity index (χ0n) is 12.1. The molecule has 0 saturated heterocycles. The minimum Gasteiger partial charge on any atom is -0.497 e. The number of nitrogens with zero attached hydrogens (tertiary/aromatic N) is 4. The van der Waals surface area contributed by atoms with E-state index in [-0.39, 0.29) is 0 Å². The van der Waals surface area contributed by atoms with E-state index in [4.69, 9.17) is 9.15 Å². The predicted octanol–water partition coefficient (Wildman–Crippen LogP) is 1.73. The molecule has 1 aromatic carbocycles. The molecule has 3 aromatic rings. The Kier molecular flexibility index (Phi) is 4.01. The molecule has 0 aliphatic heterocycles. The standard InChI is InChI=1S/C14H14N4O3S/c1-20-11-5-3-10(4-6-11)12-7-15-13(21-12)8-18-9-16-17-14(18)22(2)19/h3-7,9H,8H2,1-2H3/t22-/m0/s1. The van der Waals surface area contributed by atoms with Crippen molar-refractivity contribution in [2.24, 2.45) is 0 Å². The van der Waals surface area contributed by atoms with Gasteiger partial charge in [-0.2, -0.15) is 0 Å². The molecule has 7 nitrogen and oxygen atoms in total. The van der Waals surface area contributed by atoms with E-state index < -0.39 is 10.8 Å². The number of oxazole rings is 1. The molecule has 0 saturated carbocycles. The number of rotatable bonds is 5. The van der Waals surface area contributed by atoms with Crippen molar-refractivity contribution in [3.63, 3.8) is 0 Å². The minimum atomic E-state index is -1.21. The Bertz CT molecular complexity index is 795. The summed E-state index contributed by atoms with van der Waals surface area (Å²) in [5.74, 6) is 1.94. The zero-order chi connectivity index (χ0) is 15.5. The number of hydrogen-bond donors (Lipinski definition) is 0. The van der Waals surface area contributed by atoms with Gasteiger partial charge in [-0.1, -0.05) is 0 Å². The molecule has 2 aromatic heterocycles. The van der Waals surface area contributed by atoms with Crippen LogP contribution in [0.3, 0.4) is 0 Å². The topological polar surface area (TPSA) is 83.0 Å². The van der Waals surface area contributed by atoms with E-state index >= 15 is 0 Å².